The highest BCUT2D eigenvalue weighted by Crippen LogP contribution is 2.37. The molecule has 2 aromatic carbocycles. The van der Waals surface area contributed by atoms with Gasteiger partial charge < -0.3 is 0 Å². The lowest BCUT2D eigenvalue weighted by Gasteiger charge is -2.29. The van der Waals surface area contributed by atoms with E-state index in [-0.39, 0.29) is 0 Å². The zero-order valence-corrected chi connectivity index (χ0v) is 23.8. The summed E-state index contributed by atoms with van der Waals surface area (Å²) in [4.78, 5) is 0. The first-order chi connectivity index (χ1) is 18.3. The Bertz CT molecular complexity index is 978. The minimum atomic E-state index is 0.744. The second kappa shape index (κ2) is 17.9. The Hall–Kier alpha value is -2.44. The monoisotopic (exact) mass is 494 g/mol. The molecule has 0 aromatic heterocycles. The van der Waals surface area contributed by atoms with Crippen molar-refractivity contribution in [1.82, 2.24) is 0 Å². The van der Waals surface area contributed by atoms with Gasteiger partial charge in [-0.05, 0) is 85.9 Å². The van der Waals surface area contributed by atoms with Crippen LogP contribution in [0.4, 0.5) is 0 Å². The van der Waals surface area contributed by atoms with Gasteiger partial charge in [0.1, 0.15) is 0 Å². The first-order valence-electron chi connectivity index (χ1n) is 15.5. The van der Waals surface area contributed by atoms with Crippen LogP contribution in [-0.4, -0.2) is 0 Å². The Morgan fingerprint density at radius 3 is 1.62 bits per heavy atom. The van der Waals surface area contributed by atoms with Crippen molar-refractivity contribution in [3.8, 4) is 23.7 Å². The number of hydrogen-bond acceptors (Lipinski definition) is 0. The molecule has 0 bridgehead atoms. The molecule has 0 amide bonds. The molecule has 2 aromatic rings. The average Bonchev–Trinajstić information content (AvgIpc) is 2.94. The van der Waals surface area contributed by atoms with Crippen molar-refractivity contribution in [3.05, 3.63) is 70.8 Å². The van der Waals surface area contributed by atoms with Gasteiger partial charge >= 0.3 is 0 Å². The van der Waals surface area contributed by atoms with E-state index in [1.54, 1.807) is 0 Å². The molecule has 198 valence electrons. The molecule has 1 aliphatic carbocycles. The molecule has 0 spiro atoms. The molecule has 0 saturated heterocycles. The van der Waals surface area contributed by atoms with Crippen molar-refractivity contribution in [2.45, 2.75) is 129 Å². The Kier molecular flexibility index (Phi) is 14.1. The molecular weight excluding hydrogens is 444 g/mol. The SMILES string of the molecule is CCCCCCCCC#Cc1ccc(C#Cc2ccc([C@H]3CC[C@H](CCCCCCC)CC3)cc2)cc1. The molecule has 0 heteroatoms. The molecule has 37 heavy (non-hydrogen) atoms. The van der Waals surface area contributed by atoms with Crippen LogP contribution in [0.15, 0.2) is 48.5 Å². The van der Waals surface area contributed by atoms with Crippen LogP contribution in [0.3, 0.4) is 0 Å². The van der Waals surface area contributed by atoms with Crippen LogP contribution in [0.1, 0.15) is 151 Å². The molecule has 0 radical (unpaired) electrons. The second-order valence-corrected chi connectivity index (χ2v) is 11.2. The van der Waals surface area contributed by atoms with Gasteiger partial charge in [-0.1, -0.05) is 120 Å². The molecule has 1 fully saturated rings. The molecule has 0 atom stereocenters. The highest BCUT2D eigenvalue weighted by molar-refractivity contribution is 5.46. The molecular formula is C37H50. The third-order valence-electron chi connectivity index (χ3n) is 8.07. The standard InChI is InChI=1S/C37H50/c1-3-5-7-9-10-11-13-15-16-32-18-20-34(21-19-32)22-23-35-26-30-37(31-27-35)36-28-24-33(25-29-36)17-14-12-8-6-4-2/h18-21,26-27,30-31,33,36H,3-14,17,24-25,28-29H2,1-2H3/t33-,36-. The third kappa shape index (κ3) is 11.7. The molecule has 0 N–H and O–H groups in total. The Morgan fingerprint density at radius 1 is 0.541 bits per heavy atom. The normalized spacial score (nSPS) is 16.9. The number of rotatable bonds is 13. The highest BCUT2D eigenvalue weighted by atomic mass is 14.3. The Labute approximate surface area is 229 Å². The van der Waals surface area contributed by atoms with E-state index in [1.807, 2.05) is 0 Å². The first kappa shape index (κ1) is 29.1. The predicted octanol–water partition coefficient (Wildman–Crippen LogP) is 10.8. The maximum Gasteiger partial charge on any atom is 0.0249 e. The summed E-state index contributed by atoms with van der Waals surface area (Å²) >= 11 is 0. The maximum absolute atomic E-state index is 3.35. The number of hydrogen-bond donors (Lipinski definition) is 0. The predicted molar refractivity (Wildman–Crippen MR) is 162 cm³/mol. The van der Waals surface area contributed by atoms with E-state index in [2.05, 4.69) is 86.1 Å². The fourth-order valence-corrected chi connectivity index (χ4v) is 5.60. The van der Waals surface area contributed by atoms with Gasteiger partial charge in [0.05, 0.1) is 0 Å². The van der Waals surface area contributed by atoms with Crippen LogP contribution in [0.2, 0.25) is 0 Å². The summed E-state index contributed by atoms with van der Waals surface area (Å²) in [5.41, 5.74) is 4.76. The van der Waals surface area contributed by atoms with Crippen molar-refractivity contribution in [2.24, 2.45) is 5.92 Å². The lowest BCUT2D eigenvalue weighted by atomic mass is 9.77. The van der Waals surface area contributed by atoms with E-state index in [0.717, 1.165) is 34.9 Å². The van der Waals surface area contributed by atoms with E-state index in [4.69, 9.17) is 0 Å². The van der Waals surface area contributed by atoms with E-state index >= 15 is 0 Å². The molecule has 1 aliphatic rings. The van der Waals surface area contributed by atoms with Crippen molar-refractivity contribution < 1.29 is 0 Å². The summed E-state index contributed by atoms with van der Waals surface area (Å²) in [5.74, 6) is 15.0. The molecule has 0 aliphatic heterocycles. The number of unbranched alkanes of at least 4 members (excludes halogenated alkanes) is 10. The van der Waals surface area contributed by atoms with Gasteiger partial charge in [0.2, 0.25) is 0 Å². The number of benzene rings is 2. The smallest absolute Gasteiger partial charge is 0.0249 e. The van der Waals surface area contributed by atoms with Crippen LogP contribution in [-0.2, 0) is 0 Å². The highest BCUT2D eigenvalue weighted by Gasteiger charge is 2.21. The van der Waals surface area contributed by atoms with Crippen LogP contribution in [0.5, 0.6) is 0 Å². The minimum absolute atomic E-state index is 0.744. The summed E-state index contributed by atoms with van der Waals surface area (Å²) < 4.78 is 0. The molecule has 3 rings (SSSR count). The summed E-state index contributed by atoms with van der Waals surface area (Å²) in [6.45, 7) is 4.56. The van der Waals surface area contributed by atoms with Gasteiger partial charge in [-0.15, -0.1) is 0 Å². The summed E-state index contributed by atoms with van der Waals surface area (Å²) in [6, 6.07) is 17.5. The van der Waals surface area contributed by atoms with E-state index in [1.165, 1.54) is 108 Å². The third-order valence-corrected chi connectivity index (χ3v) is 8.07. The van der Waals surface area contributed by atoms with Gasteiger partial charge in [0.25, 0.3) is 0 Å². The van der Waals surface area contributed by atoms with Gasteiger partial charge in [0.15, 0.2) is 0 Å². The zero-order chi connectivity index (χ0) is 26.0. The fraction of sp³-hybridized carbons (Fsp3) is 0.568. The Morgan fingerprint density at radius 2 is 1.03 bits per heavy atom. The summed E-state index contributed by atoms with van der Waals surface area (Å²) in [7, 11) is 0. The van der Waals surface area contributed by atoms with Gasteiger partial charge in [0, 0.05) is 23.1 Å². The largest absolute Gasteiger partial charge is 0.0979 e. The minimum Gasteiger partial charge on any atom is -0.0979 e. The van der Waals surface area contributed by atoms with Gasteiger partial charge in [-0.2, -0.15) is 0 Å². The van der Waals surface area contributed by atoms with E-state index in [0.29, 0.717) is 0 Å². The van der Waals surface area contributed by atoms with Crippen molar-refractivity contribution in [2.75, 3.05) is 0 Å². The van der Waals surface area contributed by atoms with Crippen molar-refractivity contribution in [3.63, 3.8) is 0 Å². The molecule has 1 saturated carbocycles. The van der Waals surface area contributed by atoms with Crippen molar-refractivity contribution in [1.29, 1.82) is 0 Å². The van der Waals surface area contributed by atoms with Crippen LogP contribution >= 0.6 is 0 Å². The van der Waals surface area contributed by atoms with Crippen LogP contribution in [0, 0.1) is 29.6 Å². The quantitative estimate of drug-likeness (QED) is 0.192. The topological polar surface area (TPSA) is 0 Å². The van der Waals surface area contributed by atoms with Gasteiger partial charge in [-0.3, -0.25) is 0 Å². The summed E-state index contributed by atoms with van der Waals surface area (Å²) in [5, 5.41) is 0. The fourth-order valence-electron chi connectivity index (χ4n) is 5.60. The maximum atomic E-state index is 3.35. The Balaban J connectivity index is 1.38. The zero-order valence-electron chi connectivity index (χ0n) is 23.8. The molecule has 0 heterocycles. The van der Waals surface area contributed by atoms with Crippen molar-refractivity contribution >= 4 is 0 Å². The molecule has 0 unspecified atom stereocenters. The van der Waals surface area contributed by atoms with E-state index in [9.17, 15) is 0 Å². The molecule has 0 nitrogen and oxygen atoms in total. The first-order valence-corrected chi connectivity index (χ1v) is 15.5. The average molecular weight is 495 g/mol. The second-order valence-electron chi connectivity index (χ2n) is 11.2. The van der Waals surface area contributed by atoms with Gasteiger partial charge in [-0.25, -0.2) is 0 Å². The summed E-state index contributed by atoms with van der Waals surface area (Å²) in [6.07, 6.45) is 23.0. The lowest BCUT2D eigenvalue weighted by molar-refractivity contribution is 0.302. The van der Waals surface area contributed by atoms with Crippen LogP contribution < -0.4 is 0 Å². The lowest BCUT2D eigenvalue weighted by Crippen LogP contribution is -2.13. The van der Waals surface area contributed by atoms with E-state index < -0.39 is 0 Å². The van der Waals surface area contributed by atoms with Crippen LogP contribution in [0.25, 0.3) is 0 Å².